The lowest BCUT2D eigenvalue weighted by molar-refractivity contribution is 0.112. The summed E-state index contributed by atoms with van der Waals surface area (Å²) in [7, 11) is 3.25. The van der Waals surface area contributed by atoms with Gasteiger partial charge in [-0.15, -0.1) is 0 Å². The molecule has 0 spiro atoms. The van der Waals surface area contributed by atoms with Gasteiger partial charge in [0, 0.05) is 17.0 Å². The molecule has 4 rings (SSSR count). The second-order valence-electron chi connectivity index (χ2n) is 7.67. The average molecular weight is 533 g/mol. The van der Waals surface area contributed by atoms with Gasteiger partial charge in [0.2, 0.25) is 5.89 Å². The highest BCUT2D eigenvalue weighted by molar-refractivity contribution is 14.1. The zero-order valence-corrected chi connectivity index (χ0v) is 20.3. The Kier molecular flexibility index (Phi) is 8.51. The van der Waals surface area contributed by atoms with Crippen LogP contribution in [0.5, 0.6) is 11.5 Å². The van der Waals surface area contributed by atoms with Crippen LogP contribution >= 0.6 is 22.6 Å². The molecule has 0 radical (unpaired) electrons. The molecule has 1 saturated carbocycles. The summed E-state index contributed by atoms with van der Waals surface area (Å²) < 4.78 is 17.3. The summed E-state index contributed by atoms with van der Waals surface area (Å²) >= 11 is 2.30. The van der Waals surface area contributed by atoms with E-state index in [1.807, 2.05) is 24.3 Å². The van der Waals surface area contributed by atoms with Gasteiger partial charge in [-0.3, -0.25) is 4.79 Å². The third-order valence-corrected chi connectivity index (χ3v) is 6.38. The lowest BCUT2D eigenvalue weighted by atomic mass is 9.79. The molecule has 0 bridgehead atoms. The van der Waals surface area contributed by atoms with Crippen molar-refractivity contribution in [3.63, 3.8) is 0 Å². The van der Waals surface area contributed by atoms with Gasteiger partial charge in [0.25, 0.3) is 0 Å². The first kappa shape index (κ1) is 23.3. The molecule has 0 saturated heterocycles. The quantitative estimate of drug-likeness (QED) is 0.268. The van der Waals surface area contributed by atoms with Crippen molar-refractivity contribution in [3.05, 3.63) is 63.6 Å². The van der Waals surface area contributed by atoms with Crippen molar-refractivity contribution in [1.29, 1.82) is 0 Å². The first-order valence-corrected chi connectivity index (χ1v) is 11.5. The number of aldehydes is 1. The molecule has 6 heteroatoms. The molecule has 164 valence electrons. The van der Waals surface area contributed by atoms with Gasteiger partial charge in [-0.05, 0) is 65.3 Å². The molecule has 2 aromatic carbocycles. The van der Waals surface area contributed by atoms with E-state index in [1.165, 1.54) is 25.7 Å². The number of hydrogen-bond acceptors (Lipinski definition) is 5. The van der Waals surface area contributed by atoms with Crippen molar-refractivity contribution in [1.82, 2.24) is 4.98 Å². The van der Waals surface area contributed by atoms with Gasteiger partial charge in [0.1, 0.15) is 27.2 Å². The number of halogens is 1. The van der Waals surface area contributed by atoms with E-state index in [2.05, 4.69) is 34.5 Å². The largest absolute Gasteiger partial charge is 0.497 e. The molecule has 0 N–H and O–H groups in total. The van der Waals surface area contributed by atoms with E-state index in [-0.39, 0.29) is 0 Å². The molecule has 2 unspecified atom stereocenters. The Morgan fingerprint density at radius 3 is 2.39 bits per heavy atom. The van der Waals surface area contributed by atoms with E-state index in [0.29, 0.717) is 29.0 Å². The van der Waals surface area contributed by atoms with E-state index in [9.17, 15) is 4.79 Å². The minimum Gasteiger partial charge on any atom is -0.497 e. The predicted octanol–water partition coefficient (Wildman–Crippen LogP) is 6.76. The van der Waals surface area contributed by atoms with Crippen LogP contribution in [-0.2, 0) is 0 Å². The topological polar surface area (TPSA) is 61.6 Å². The third kappa shape index (κ3) is 6.09. The maximum Gasteiger partial charge on any atom is 0.227 e. The Hall–Kier alpha value is -2.35. The summed E-state index contributed by atoms with van der Waals surface area (Å²) in [5.74, 6) is 4.50. The first-order valence-electron chi connectivity index (χ1n) is 10.5. The SMILES string of the molecule is COc1cccc(-c2nc(I)c(C3CCCCC3C)o2)c1.COc1cccc(C=O)c1. The fourth-order valence-corrected chi connectivity index (χ4v) is 4.57. The second kappa shape index (κ2) is 11.3. The highest BCUT2D eigenvalue weighted by atomic mass is 127. The summed E-state index contributed by atoms with van der Waals surface area (Å²) in [6.07, 6.45) is 5.92. The number of ether oxygens (including phenoxy) is 2. The number of benzene rings is 2. The van der Waals surface area contributed by atoms with Gasteiger partial charge in [0.15, 0.2) is 0 Å². The van der Waals surface area contributed by atoms with Gasteiger partial charge in [-0.25, -0.2) is 4.98 Å². The molecule has 1 aromatic heterocycles. The summed E-state index contributed by atoms with van der Waals surface area (Å²) in [5.41, 5.74) is 1.61. The summed E-state index contributed by atoms with van der Waals surface area (Å²) in [4.78, 5) is 14.8. The lowest BCUT2D eigenvalue weighted by Crippen LogP contribution is -2.15. The van der Waals surface area contributed by atoms with Crippen molar-refractivity contribution in [3.8, 4) is 23.0 Å². The van der Waals surface area contributed by atoms with Gasteiger partial charge in [-0.2, -0.15) is 0 Å². The minimum absolute atomic E-state index is 0.512. The lowest BCUT2D eigenvalue weighted by Gasteiger charge is -2.26. The van der Waals surface area contributed by atoms with Crippen LogP contribution < -0.4 is 9.47 Å². The monoisotopic (exact) mass is 533 g/mol. The Bertz CT molecular complexity index is 1000. The van der Waals surface area contributed by atoms with E-state index in [0.717, 1.165) is 27.1 Å². The number of carbonyl (C=O) groups is 1. The van der Waals surface area contributed by atoms with E-state index in [4.69, 9.17) is 13.9 Å². The number of oxazole rings is 1. The zero-order chi connectivity index (χ0) is 22.2. The maximum absolute atomic E-state index is 10.2. The van der Waals surface area contributed by atoms with Crippen LogP contribution in [0, 0.1) is 9.62 Å². The van der Waals surface area contributed by atoms with Gasteiger partial charge < -0.3 is 13.9 Å². The molecule has 1 fully saturated rings. The van der Waals surface area contributed by atoms with Crippen molar-refractivity contribution < 1.29 is 18.7 Å². The normalized spacial score (nSPS) is 17.9. The standard InChI is InChI=1S/C17H20INO2.C8H8O2/c1-11-6-3-4-9-14(11)15-16(18)19-17(21-15)12-7-5-8-13(10-12)20-2;1-10-8-4-2-3-7(5-8)6-9/h5,7-8,10-11,14H,3-4,6,9H2,1-2H3;2-6H,1H3. The van der Waals surface area contributed by atoms with Gasteiger partial charge >= 0.3 is 0 Å². The van der Waals surface area contributed by atoms with Crippen molar-refractivity contribution in [2.75, 3.05) is 14.2 Å². The van der Waals surface area contributed by atoms with Crippen LogP contribution in [0.2, 0.25) is 0 Å². The Morgan fingerprint density at radius 1 is 1.03 bits per heavy atom. The first-order chi connectivity index (χ1) is 15.0. The number of methoxy groups -OCH3 is 2. The summed E-state index contributed by atoms with van der Waals surface area (Å²) in [6, 6.07) is 14.9. The molecule has 1 aliphatic rings. The molecule has 2 atom stereocenters. The highest BCUT2D eigenvalue weighted by Gasteiger charge is 2.29. The van der Waals surface area contributed by atoms with Gasteiger partial charge in [-0.1, -0.05) is 44.4 Å². The molecule has 1 aliphatic carbocycles. The second-order valence-corrected chi connectivity index (χ2v) is 8.69. The van der Waals surface area contributed by atoms with Crippen LogP contribution in [0.25, 0.3) is 11.5 Å². The van der Waals surface area contributed by atoms with Crippen LogP contribution in [0.15, 0.2) is 52.9 Å². The van der Waals surface area contributed by atoms with Crippen molar-refractivity contribution >= 4 is 28.9 Å². The van der Waals surface area contributed by atoms with Crippen LogP contribution in [-0.4, -0.2) is 25.5 Å². The Labute approximate surface area is 197 Å². The van der Waals surface area contributed by atoms with Gasteiger partial charge in [0.05, 0.1) is 14.2 Å². The average Bonchev–Trinajstić information content (AvgIpc) is 3.21. The molecule has 31 heavy (non-hydrogen) atoms. The number of carbonyl (C=O) groups excluding carboxylic acids is 1. The number of nitrogens with zero attached hydrogens (tertiary/aromatic N) is 1. The summed E-state index contributed by atoms with van der Waals surface area (Å²) in [5, 5.41) is 0. The van der Waals surface area contributed by atoms with Crippen molar-refractivity contribution in [2.24, 2.45) is 5.92 Å². The fourth-order valence-electron chi connectivity index (χ4n) is 3.84. The summed E-state index contributed by atoms with van der Waals surface area (Å²) in [6.45, 7) is 2.33. The molecule has 5 nitrogen and oxygen atoms in total. The molecule has 0 aliphatic heterocycles. The molecule has 1 heterocycles. The zero-order valence-electron chi connectivity index (χ0n) is 18.1. The smallest absolute Gasteiger partial charge is 0.227 e. The number of aromatic nitrogens is 1. The molecule has 3 aromatic rings. The van der Waals surface area contributed by atoms with Crippen LogP contribution in [0.1, 0.15) is 54.6 Å². The fraction of sp³-hybridized carbons (Fsp3) is 0.360. The Balaban J connectivity index is 0.000000229. The minimum atomic E-state index is 0.512. The van der Waals surface area contributed by atoms with Crippen molar-refractivity contribution in [2.45, 2.75) is 38.5 Å². The third-order valence-electron chi connectivity index (χ3n) is 5.60. The van der Waals surface area contributed by atoms with Crippen LogP contribution in [0.4, 0.5) is 0 Å². The Morgan fingerprint density at radius 2 is 1.71 bits per heavy atom. The van der Waals surface area contributed by atoms with E-state index in [1.54, 1.807) is 38.5 Å². The molecular weight excluding hydrogens is 505 g/mol. The van der Waals surface area contributed by atoms with E-state index >= 15 is 0 Å². The molecular formula is C25H28INO4. The predicted molar refractivity (Wildman–Crippen MR) is 130 cm³/mol. The van der Waals surface area contributed by atoms with Crippen LogP contribution in [0.3, 0.4) is 0 Å². The molecule has 0 amide bonds. The highest BCUT2D eigenvalue weighted by Crippen LogP contribution is 2.40. The van der Waals surface area contributed by atoms with E-state index < -0.39 is 0 Å². The maximum atomic E-state index is 10.2. The number of hydrogen-bond donors (Lipinski definition) is 0. The number of rotatable bonds is 5.